The molecule has 0 N–H and O–H groups in total. The Morgan fingerprint density at radius 3 is 1.37 bits per heavy atom. The summed E-state index contributed by atoms with van der Waals surface area (Å²) in [6.07, 6.45) is -0.0169. The molecule has 0 aliphatic carbocycles. The summed E-state index contributed by atoms with van der Waals surface area (Å²) in [7, 11) is 0. The molecule has 0 fully saturated rings. The van der Waals surface area contributed by atoms with E-state index in [0.29, 0.717) is 0 Å². The van der Waals surface area contributed by atoms with Gasteiger partial charge in [-0.25, -0.2) is 0 Å². The number of hydrogen-bond donors (Lipinski definition) is 0. The molecule has 2 aromatic heterocycles. The number of aromatic nitrogens is 2. The van der Waals surface area contributed by atoms with Crippen molar-refractivity contribution in [2.45, 2.75) is 20.0 Å². The first-order chi connectivity index (χ1) is 24.2. The molecule has 1 atom stereocenters. The summed E-state index contributed by atoms with van der Waals surface area (Å²) in [6, 6.07) is 59.5. The molecule has 0 saturated heterocycles. The Balaban J connectivity index is 1.45. The monoisotopic (exact) mass is 630 g/mol. The molecule has 4 heteroatoms. The molecule has 0 spiro atoms. The van der Waals surface area contributed by atoms with Gasteiger partial charge >= 0.3 is 0 Å². The summed E-state index contributed by atoms with van der Waals surface area (Å²) in [6.45, 7) is 4.56. The van der Waals surface area contributed by atoms with Crippen molar-refractivity contribution < 1.29 is 0 Å². The highest BCUT2D eigenvalue weighted by Gasteiger charge is 2.39. The molecule has 1 aliphatic heterocycles. The van der Waals surface area contributed by atoms with E-state index in [-0.39, 0.29) is 6.17 Å². The second-order valence-electron chi connectivity index (χ2n) is 13.0. The van der Waals surface area contributed by atoms with Gasteiger partial charge in [0.2, 0.25) is 0 Å². The lowest BCUT2D eigenvalue weighted by molar-refractivity contribution is 0.761. The molecule has 0 bridgehead atoms. The van der Waals surface area contributed by atoms with Crippen molar-refractivity contribution in [2.24, 2.45) is 0 Å². The van der Waals surface area contributed by atoms with Gasteiger partial charge in [-0.3, -0.25) is 0 Å². The third-order valence-electron chi connectivity index (χ3n) is 10.4. The van der Waals surface area contributed by atoms with Crippen LogP contribution in [-0.4, -0.2) is 15.3 Å². The van der Waals surface area contributed by atoms with Crippen molar-refractivity contribution >= 4 is 66.4 Å². The summed E-state index contributed by atoms with van der Waals surface area (Å²) in [5, 5.41) is 4.99. The van der Waals surface area contributed by atoms with E-state index in [0.717, 1.165) is 11.4 Å². The van der Waals surface area contributed by atoms with Gasteiger partial charge in [0, 0.05) is 38.6 Å². The van der Waals surface area contributed by atoms with Crippen LogP contribution in [0.25, 0.3) is 55.0 Å². The second kappa shape index (κ2) is 10.6. The molecular formula is C45H34N4. The number of hydrogen-bond acceptors (Lipinski definition) is 2. The van der Waals surface area contributed by atoms with E-state index in [1.54, 1.807) is 0 Å². The number of anilines is 4. The predicted molar refractivity (Wildman–Crippen MR) is 206 cm³/mol. The first-order valence-electron chi connectivity index (χ1n) is 17.0. The average molecular weight is 631 g/mol. The molecule has 1 aliphatic rings. The molecule has 7 aromatic carbocycles. The van der Waals surface area contributed by atoms with Crippen LogP contribution in [-0.2, 0) is 0 Å². The van der Waals surface area contributed by atoms with E-state index < -0.39 is 0 Å². The molecule has 0 unspecified atom stereocenters. The first-order valence-corrected chi connectivity index (χ1v) is 17.0. The van der Waals surface area contributed by atoms with Crippen molar-refractivity contribution in [3.63, 3.8) is 0 Å². The second-order valence-corrected chi connectivity index (χ2v) is 13.0. The summed E-state index contributed by atoms with van der Waals surface area (Å²) < 4.78 is 4.97. The molecule has 4 nitrogen and oxygen atoms in total. The van der Waals surface area contributed by atoms with Crippen LogP contribution in [0.15, 0.2) is 164 Å². The Morgan fingerprint density at radius 1 is 0.408 bits per heavy atom. The lowest BCUT2D eigenvalue weighted by atomic mass is 10.0. The van der Waals surface area contributed by atoms with Gasteiger partial charge in [-0.05, 0) is 80.1 Å². The Labute approximate surface area is 285 Å². The Hall–Kier alpha value is -6.26. The number of benzene rings is 7. The fourth-order valence-corrected chi connectivity index (χ4v) is 8.33. The van der Waals surface area contributed by atoms with E-state index in [1.807, 2.05) is 0 Å². The van der Waals surface area contributed by atoms with Gasteiger partial charge in [-0.2, -0.15) is 0 Å². The average Bonchev–Trinajstić information content (AvgIpc) is 3.77. The molecule has 3 heterocycles. The van der Waals surface area contributed by atoms with Crippen LogP contribution in [0.4, 0.5) is 22.7 Å². The maximum atomic E-state index is 2.60. The minimum atomic E-state index is -0.0169. The molecule has 0 radical (unpaired) electrons. The van der Waals surface area contributed by atoms with Gasteiger partial charge in [0.25, 0.3) is 0 Å². The van der Waals surface area contributed by atoms with E-state index in [1.165, 1.54) is 71.9 Å². The number of fused-ring (bicyclic) bond motifs is 7. The third kappa shape index (κ3) is 3.92. The Bertz CT molecular complexity index is 2570. The summed E-state index contributed by atoms with van der Waals surface area (Å²) in [5.74, 6) is 0. The molecule has 234 valence electrons. The normalized spacial score (nSPS) is 14.4. The number of nitrogens with zero attached hydrogens (tertiary/aromatic N) is 4. The maximum Gasteiger partial charge on any atom is 0.108 e. The number of para-hydroxylation sites is 7. The van der Waals surface area contributed by atoms with E-state index >= 15 is 0 Å². The summed E-state index contributed by atoms with van der Waals surface area (Å²) in [5.41, 5.74) is 13.2. The highest BCUT2D eigenvalue weighted by Crippen LogP contribution is 2.54. The molecule has 9 aromatic rings. The molecule has 10 rings (SSSR count). The Kier molecular flexibility index (Phi) is 6.03. The summed E-state index contributed by atoms with van der Waals surface area (Å²) in [4.78, 5) is 5.11. The predicted octanol–water partition coefficient (Wildman–Crippen LogP) is 11.8. The zero-order valence-electron chi connectivity index (χ0n) is 27.5. The topological polar surface area (TPSA) is 16.3 Å². The van der Waals surface area contributed by atoms with Crippen molar-refractivity contribution in [3.05, 3.63) is 169 Å². The first kappa shape index (κ1) is 27.8. The number of aryl methyl sites for hydroxylation is 1. The Morgan fingerprint density at radius 2 is 0.837 bits per heavy atom. The van der Waals surface area contributed by atoms with E-state index in [4.69, 9.17) is 0 Å². The SMILES string of the molecule is Cc1ccccc1N1c2ccccc2N(c2c3c(cc4c5ccccc5n(-c5ccccc5)c24)c2ccccc2n3-c2ccccc2)[C@@H]1C. The minimum absolute atomic E-state index is 0.0169. The lowest BCUT2D eigenvalue weighted by Crippen LogP contribution is -2.36. The fourth-order valence-electron chi connectivity index (χ4n) is 8.33. The van der Waals surface area contributed by atoms with E-state index in [9.17, 15) is 0 Å². The quantitative estimate of drug-likeness (QED) is 0.192. The van der Waals surface area contributed by atoms with Crippen LogP contribution in [0.2, 0.25) is 0 Å². The molecule has 0 amide bonds. The van der Waals surface area contributed by atoms with Crippen LogP contribution >= 0.6 is 0 Å². The van der Waals surface area contributed by atoms with Gasteiger partial charge in [0.15, 0.2) is 0 Å². The van der Waals surface area contributed by atoms with Crippen LogP contribution < -0.4 is 9.80 Å². The zero-order valence-corrected chi connectivity index (χ0v) is 27.5. The van der Waals surface area contributed by atoms with Gasteiger partial charge in [0.1, 0.15) is 6.17 Å². The van der Waals surface area contributed by atoms with Crippen molar-refractivity contribution in [2.75, 3.05) is 9.80 Å². The smallest absolute Gasteiger partial charge is 0.108 e. The number of rotatable bonds is 4. The highest BCUT2D eigenvalue weighted by atomic mass is 15.4. The largest absolute Gasteiger partial charge is 0.318 e. The van der Waals surface area contributed by atoms with Crippen LogP contribution in [0.1, 0.15) is 12.5 Å². The third-order valence-corrected chi connectivity index (χ3v) is 10.4. The summed E-state index contributed by atoms with van der Waals surface area (Å²) >= 11 is 0. The van der Waals surface area contributed by atoms with Gasteiger partial charge in [-0.1, -0.05) is 103 Å². The molecule has 0 saturated carbocycles. The van der Waals surface area contributed by atoms with Crippen molar-refractivity contribution in [1.82, 2.24) is 9.13 Å². The standard InChI is InChI=1S/C45H34N4/c1-30-17-9-12-24-38(30)46-31(2)47(42-28-16-15-27-41(42)46)45-43-36(34-22-10-13-25-39(34)48(43)32-18-5-3-6-19-32)29-37-35-23-11-14-26-40(35)49(44(37)45)33-20-7-4-8-21-33/h3-29,31H,1-2H3/t31-/m1/s1. The van der Waals surface area contributed by atoms with Crippen molar-refractivity contribution in [3.8, 4) is 11.4 Å². The molecule has 49 heavy (non-hydrogen) atoms. The zero-order chi connectivity index (χ0) is 32.6. The van der Waals surface area contributed by atoms with Crippen LogP contribution in [0.5, 0.6) is 0 Å². The van der Waals surface area contributed by atoms with E-state index in [2.05, 4.69) is 197 Å². The van der Waals surface area contributed by atoms with Gasteiger partial charge in [-0.15, -0.1) is 0 Å². The maximum absolute atomic E-state index is 2.60. The lowest BCUT2D eigenvalue weighted by Gasteiger charge is -2.32. The fraction of sp³-hybridized carbons (Fsp3) is 0.0667. The highest BCUT2D eigenvalue weighted by molar-refractivity contribution is 6.26. The minimum Gasteiger partial charge on any atom is -0.318 e. The van der Waals surface area contributed by atoms with Gasteiger partial charge < -0.3 is 18.9 Å². The molecular weight excluding hydrogens is 597 g/mol. The van der Waals surface area contributed by atoms with Crippen LogP contribution in [0, 0.1) is 6.92 Å². The van der Waals surface area contributed by atoms with Crippen molar-refractivity contribution in [1.29, 1.82) is 0 Å². The van der Waals surface area contributed by atoms with Gasteiger partial charge in [0.05, 0.1) is 39.1 Å². The van der Waals surface area contributed by atoms with Crippen LogP contribution in [0.3, 0.4) is 0 Å².